The first-order valence-corrected chi connectivity index (χ1v) is 11.6. The number of benzene rings is 1. The van der Waals surface area contributed by atoms with Crippen LogP contribution in [0.5, 0.6) is 0 Å². The summed E-state index contributed by atoms with van der Waals surface area (Å²) in [6.45, 7) is 7.86. The highest BCUT2D eigenvalue weighted by Crippen LogP contribution is 2.17. The summed E-state index contributed by atoms with van der Waals surface area (Å²) >= 11 is 0. The molecule has 1 rings (SSSR count). The summed E-state index contributed by atoms with van der Waals surface area (Å²) in [7, 11) is 1.52. The fraction of sp³-hybridized carbons (Fsp3) is 0.600. The molecular weight excluding hydrogens is 422 g/mol. The average molecular weight is 462 g/mol. The van der Waals surface area contributed by atoms with Crippen molar-refractivity contribution >= 4 is 23.7 Å². The number of likely N-dealkylation sites (N-methyl/N-ethyl adjacent to an activating group) is 1. The van der Waals surface area contributed by atoms with Crippen LogP contribution in [0.15, 0.2) is 30.3 Å². The quantitative estimate of drug-likeness (QED) is 0.391. The molecule has 0 heterocycles. The van der Waals surface area contributed by atoms with E-state index in [0.717, 1.165) is 12.0 Å². The fourth-order valence-corrected chi connectivity index (χ4v) is 3.29. The normalized spacial score (nSPS) is 12.9. The molecule has 3 amide bonds. The number of nitrogens with one attached hydrogen (secondary N) is 3. The van der Waals surface area contributed by atoms with Crippen LogP contribution in [0.3, 0.4) is 0 Å². The van der Waals surface area contributed by atoms with Crippen molar-refractivity contribution in [1.82, 2.24) is 16.0 Å². The molecule has 0 aromatic heterocycles. The lowest BCUT2D eigenvalue weighted by molar-refractivity contribution is -0.155. The Morgan fingerprint density at radius 2 is 1.70 bits per heavy atom. The van der Waals surface area contributed by atoms with Crippen molar-refractivity contribution in [2.24, 2.45) is 5.92 Å². The maximum atomic E-state index is 13.1. The molecule has 0 aliphatic rings. The second-order valence-electron chi connectivity index (χ2n) is 9.09. The molecule has 184 valence electrons. The molecule has 0 radical (unpaired) electrons. The van der Waals surface area contributed by atoms with E-state index in [1.54, 1.807) is 20.8 Å². The summed E-state index contributed by atoms with van der Waals surface area (Å²) in [5, 5.41) is 8.18. The van der Waals surface area contributed by atoms with Gasteiger partial charge in [-0.1, -0.05) is 37.3 Å². The van der Waals surface area contributed by atoms with Gasteiger partial charge in [0.2, 0.25) is 17.7 Å². The van der Waals surface area contributed by atoms with Gasteiger partial charge in [0.1, 0.15) is 11.6 Å². The molecule has 1 aromatic rings. The summed E-state index contributed by atoms with van der Waals surface area (Å²) in [6, 6.07) is 8.63. The second-order valence-corrected chi connectivity index (χ2v) is 9.09. The lowest BCUT2D eigenvalue weighted by atomic mass is 9.95. The van der Waals surface area contributed by atoms with Crippen LogP contribution in [0.25, 0.3) is 0 Å². The number of esters is 1. The standard InChI is InChI=1S/C25H39N3O5/c1-6-15-27-21(29)17-19(13-10-14-22(30)33-25(2,3)4)23(31)28-20(24(32)26-5)16-18-11-8-7-9-12-18/h7-9,11-12,19-20H,6,10,13-17H2,1-5H3,(H,26,32)(H,27,29)(H,28,31)/t19-,20+/m1/s1. The van der Waals surface area contributed by atoms with E-state index in [2.05, 4.69) is 16.0 Å². The van der Waals surface area contributed by atoms with Gasteiger partial charge in [-0.2, -0.15) is 0 Å². The van der Waals surface area contributed by atoms with E-state index in [9.17, 15) is 19.2 Å². The van der Waals surface area contributed by atoms with Crippen molar-refractivity contribution in [3.63, 3.8) is 0 Å². The number of carbonyl (C=O) groups excluding carboxylic acids is 4. The highest BCUT2D eigenvalue weighted by Gasteiger charge is 2.27. The average Bonchev–Trinajstić information content (AvgIpc) is 2.75. The lowest BCUT2D eigenvalue weighted by Crippen LogP contribution is -2.49. The van der Waals surface area contributed by atoms with Gasteiger partial charge in [0.05, 0.1) is 0 Å². The van der Waals surface area contributed by atoms with Gasteiger partial charge < -0.3 is 20.7 Å². The van der Waals surface area contributed by atoms with Crippen LogP contribution in [-0.2, 0) is 30.3 Å². The summed E-state index contributed by atoms with van der Waals surface area (Å²) in [4.78, 5) is 49.8. The molecular formula is C25H39N3O5. The van der Waals surface area contributed by atoms with E-state index in [0.29, 0.717) is 25.8 Å². The van der Waals surface area contributed by atoms with E-state index < -0.39 is 17.6 Å². The Morgan fingerprint density at radius 3 is 2.27 bits per heavy atom. The molecule has 0 saturated carbocycles. The summed E-state index contributed by atoms with van der Waals surface area (Å²) in [6.07, 6.45) is 2.00. The molecule has 0 spiro atoms. The van der Waals surface area contributed by atoms with Gasteiger partial charge in [0.15, 0.2) is 0 Å². The molecule has 0 aliphatic heterocycles. The lowest BCUT2D eigenvalue weighted by Gasteiger charge is -2.22. The molecule has 0 saturated heterocycles. The maximum Gasteiger partial charge on any atom is 0.306 e. The molecule has 0 fully saturated rings. The number of ether oxygens (including phenoxy) is 1. The molecule has 1 aromatic carbocycles. The number of carbonyl (C=O) groups is 4. The Morgan fingerprint density at radius 1 is 1.03 bits per heavy atom. The summed E-state index contributed by atoms with van der Waals surface area (Å²) in [5.41, 5.74) is 0.333. The summed E-state index contributed by atoms with van der Waals surface area (Å²) in [5.74, 6) is -1.92. The number of hydrogen-bond donors (Lipinski definition) is 3. The number of rotatable bonds is 13. The van der Waals surface area contributed by atoms with Crippen LogP contribution in [0, 0.1) is 5.92 Å². The Balaban J connectivity index is 2.84. The minimum absolute atomic E-state index is 0.00798. The summed E-state index contributed by atoms with van der Waals surface area (Å²) < 4.78 is 5.32. The van der Waals surface area contributed by atoms with Crippen molar-refractivity contribution < 1.29 is 23.9 Å². The van der Waals surface area contributed by atoms with Gasteiger partial charge in [-0.15, -0.1) is 0 Å². The Bertz CT molecular complexity index is 774. The molecule has 2 atom stereocenters. The Hall–Kier alpha value is -2.90. The molecule has 3 N–H and O–H groups in total. The number of amides is 3. The predicted octanol–water partition coefficient (Wildman–Crippen LogP) is 2.50. The highest BCUT2D eigenvalue weighted by atomic mass is 16.6. The van der Waals surface area contributed by atoms with Crippen LogP contribution < -0.4 is 16.0 Å². The molecule has 8 heteroatoms. The van der Waals surface area contributed by atoms with Gasteiger partial charge in [-0.3, -0.25) is 19.2 Å². The zero-order valence-corrected chi connectivity index (χ0v) is 20.5. The third kappa shape index (κ3) is 12.1. The van der Waals surface area contributed by atoms with Crippen molar-refractivity contribution in [1.29, 1.82) is 0 Å². The van der Waals surface area contributed by atoms with Crippen LogP contribution in [-0.4, -0.2) is 48.9 Å². The Kier molecular flexibility index (Phi) is 12.2. The monoisotopic (exact) mass is 461 g/mol. The Labute approximate surface area is 197 Å². The minimum Gasteiger partial charge on any atom is -0.460 e. The third-order valence-corrected chi connectivity index (χ3v) is 4.89. The third-order valence-electron chi connectivity index (χ3n) is 4.89. The molecule has 8 nitrogen and oxygen atoms in total. The van der Waals surface area contributed by atoms with E-state index >= 15 is 0 Å². The van der Waals surface area contributed by atoms with E-state index in [1.165, 1.54) is 7.05 Å². The first-order valence-electron chi connectivity index (χ1n) is 11.6. The molecule has 33 heavy (non-hydrogen) atoms. The second kappa shape index (κ2) is 14.3. The van der Waals surface area contributed by atoms with Crippen LogP contribution in [0.2, 0.25) is 0 Å². The maximum absolute atomic E-state index is 13.1. The smallest absolute Gasteiger partial charge is 0.306 e. The van der Waals surface area contributed by atoms with E-state index in [4.69, 9.17) is 4.74 Å². The zero-order valence-electron chi connectivity index (χ0n) is 20.5. The van der Waals surface area contributed by atoms with Gasteiger partial charge in [-0.25, -0.2) is 0 Å². The van der Waals surface area contributed by atoms with Crippen LogP contribution >= 0.6 is 0 Å². The predicted molar refractivity (Wildman–Crippen MR) is 127 cm³/mol. The number of hydrogen-bond acceptors (Lipinski definition) is 5. The van der Waals surface area contributed by atoms with Gasteiger partial charge in [-0.05, 0) is 45.6 Å². The van der Waals surface area contributed by atoms with Crippen molar-refractivity contribution in [2.75, 3.05) is 13.6 Å². The van der Waals surface area contributed by atoms with Crippen molar-refractivity contribution in [2.45, 2.75) is 77.9 Å². The van der Waals surface area contributed by atoms with Gasteiger partial charge >= 0.3 is 5.97 Å². The van der Waals surface area contributed by atoms with Crippen molar-refractivity contribution in [3.8, 4) is 0 Å². The molecule has 0 aliphatic carbocycles. The molecule has 0 unspecified atom stereocenters. The van der Waals surface area contributed by atoms with Crippen LogP contribution in [0.4, 0.5) is 0 Å². The van der Waals surface area contributed by atoms with E-state index in [-0.39, 0.29) is 36.5 Å². The van der Waals surface area contributed by atoms with Gasteiger partial charge in [0.25, 0.3) is 0 Å². The fourth-order valence-electron chi connectivity index (χ4n) is 3.29. The highest BCUT2D eigenvalue weighted by molar-refractivity contribution is 5.90. The molecule has 0 bridgehead atoms. The van der Waals surface area contributed by atoms with Gasteiger partial charge in [0, 0.05) is 38.8 Å². The van der Waals surface area contributed by atoms with E-state index in [1.807, 2.05) is 37.3 Å². The first kappa shape index (κ1) is 28.1. The first-order chi connectivity index (χ1) is 15.6. The SMILES string of the molecule is CCCNC(=O)C[C@@H](CCCC(=O)OC(C)(C)C)C(=O)N[C@@H](Cc1ccccc1)C(=O)NC. The topological polar surface area (TPSA) is 114 Å². The minimum atomic E-state index is -0.767. The van der Waals surface area contributed by atoms with Crippen molar-refractivity contribution in [3.05, 3.63) is 35.9 Å². The zero-order chi connectivity index (χ0) is 24.9. The largest absolute Gasteiger partial charge is 0.460 e. The van der Waals surface area contributed by atoms with Crippen LogP contribution in [0.1, 0.15) is 65.4 Å².